The van der Waals surface area contributed by atoms with Crippen LogP contribution >= 0.6 is 11.6 Å². The summed E-state index contributed by atoms with van der Waals surface area (Å²) in [5.74, 6) is 0.643. The van der Waals surface area contributed by atoms with Crippen molar-refractivity contribution in [1.82, 2.24) is 9.97 Å². The van der Waals surface area contributed by atoms with Crippen molar-refractivity contribution in [2.75, 3.05) is 4.72 Å². The highest BCUT2D eigenvalue weighted by Crippen LogP contribution is 2.28. The molecule has 0 atom stereocenters. The zero-order chi connectivity index (χ0) is 21.0. The van der Waals surface area contributed by atoms with Crippen LogP contribution in [0.4, 0.5) is 5.95 Å². The van der Waals surface area contributed by atoms with Crippen LogP contribution in [-0.2, 0) is 10.0 Å². The molecule has 6 nitrogen and oxygen atoms in total. The molecule has 4 aromatic rings. The molecule has 1 aromatic heterocycles. The molecular formula is C22H16ClN3O3S. The third-order valence-electron chi connectivity index (χ3n) is 4.07. The van der Waals surface area contributed by atoms with E-state index in [1.165, 1.54) is 12.1 Å². The Morgan fingerprint density at radius 2 is 1.50 bits per heavy atom. The molecule has 1 heterocycles. The lowest BCUT2D eigenvalue weighted by Crippen LogP contribution is -2.15. The Labute approximate surface area is 179 Å². The van der Waals surface area contributed by atoms with Gasteiger partial charge >= 0.3 is 0 Å². The molecule has 0 saturated heterocycles. The first-order valence-electron chi connectivity index (χ1n) is 8.95. The number of hydrogen-bond acceptors (Lipinski definition) is 5. The summed E-state index contributed by atoms with van der Waals surface area (Å²) >= 11 is 6.10. The normalized spacial score (nSPS) is 11.1. The lowest BCUT2D eigenvalue weighted by atomic mass is 10.1. The van der Waals surface area contributed by atoms with Gasteiger partial charge in [-0.3, -0.25) is 0 Å². The third-order valence-corrected chi connectivity index (χ3v) is 5.65. The maximum Gasteiger partial charge on any atom is 0.264 e. The Bertz CT molecular complexity index is 1270. The van der Waals surface area contributed by atoms with E-state index >= 15 is 0 Å². The Morgan fingerprint density at radius 1 is 0.800 bits per heavy atom. The minimum absolute atomic E-state index is 0.104. The van der Waals surface area contributed by atoms with Crippen molar-refractivity contribution in [3.05, 3.63) is 96.0 Å². The van der Waals surface area contributed by atoms with Crippen LogP contribution in [0.1, 0.15) is 0 Å². The summed E-state index contributed by atoms with van der Waals surface area (Å²) < 4.78 is 33.7. The molecule has 4 rings (SSSR count). The van der Waals surface area contributed by atoms with Crippen molar-refractivity contribution in [2.45, 2.75) is 4.90 Å². The molecule has 0 aliphatic rings. The smallest absolute Gasteiger partial charge is 0.264 e. The van der Waals surface area contributed by atoms with E-state index in [0.717, 1.165) is 0 Å². The molecule has 0 unspecified atom stereocenters. The summed E-state index contributed by atoms with van der Waals surface area (Å²) in [6.45, 7) is 0. The predicted molar refractivity (Wildman–Crippen MR) is 116 cm³/mol. The molecule has 0 fully saturated rings. The van der Waals surface area contributed by atoms with Gasteiger partial charge < -0.3 is 4.74 Å². The summed E-state index contributed by atoms with van der Waals surface area (Å²) in [6.07, 6.45) is 0. The Morgan fingerprint density at radius 3 is 2.20 bits per heavy atom. The summed E-state index contributed by atoms with van der Waals surface area (Å²) in [5.41, 5.74) is 1.16. The van der Waals surface area contributed by atoms with Gasteiger partial charge in [0.1, 0.15) is 5.75 Å². The minimum atomic E-state index is -3.87. The maximum atomic E-state index is 12.7. The lowest BCUT2D eigenvalue weighted by molar-refractivity contribution is 0.463. The molecule has 0 saturated carbocycles. The minimum Gasteiger partial charge on any atom is -0.439 e. The second kappa shape index (κ2) is 8.52. The molecule has 150 valence electrons. The largest absolute Gasteiger partial charge is 0.439 e. The van der Waals surface area contributed by atoms with Crippen LogP contribution in [0.3, 0.4) is 0 Å². The zero-order valence-electron chi connectivity index (χ0n) is 15.6. The average molecular weight is 438 g/mol. The molecule has 0 aliphatic heterocycles. The third kappa shape index (κ3) is 4.76. The van der Waals surface area contributed by atoms with Crippen molar-refractivity contribution < 1.29 is 13.2 Å². The second-order valence-electron chi connectivity index (χ2n) is 6.26. The van der Waals surface area contributed by atoms with Crippen LogP contribution in [0.15, 0.2) is 95.9 Å². The van der Waals surface area contributed by atoms with Gasteiger partial charge in [0, 0.05) is 16.7 Å². The van der Waals surface area contributed by atoms with Crippen molar-refractivity contribution in [3.63, 3.8) is 0 Å². The van der Waals surface area contributed by atoms with E-state index in [1.807, 2.05) is 24.3 Å². The van der Waals surface area contributed by atoms with Crippen molar-refractivity contribution >= 4 is 27.6 Å². The molecule has 0 spiro atoms. The molecule has 30 heavy (non-hydrogen) atoms. The van der Waals surface area contributed by atoms with Crippen LogP contribution in [0.2, 0.25) is 5.02 Å². The molecule has 1 N–H and O–H groups in total. The van der Waals surface area contributed by atoms with Gasteiger partial charge in [0.15, 0.2) is 0 Å². The fourth-order valence-electron chi connectivity index (χ4n) is 2.71. The monoisotopic (exact) mass is 437 g/mol. The highest BCUT2D eigenvalue weighted by Gasteiger charge is 2.17. The van der Waals surface area contributed by atoms with Crippen LogP contribution in [0.25, 0.3) is 11.3 Å². The predicted octanol–water partition coefficient (Wildman–Crippen LogP) is 5.39. The molecular weight excluding hydrogens is 422 g/mol. The SMILES string of the molecule is O=S(=O)(Nc1nc(Oc2ccccc2)cc(-c2cccc(Cl)c2)n1)c1ccccc1. The number of sulfonamides is 1. The Hall–Kier alpha value is -3.42. The number of halogens is 1. The van der Waals surface area contributed by atoms with Gasteiger partial charge in [-0.05, 0) is 36.4 Å². The summed E-state index contributed by atoms with van der Waals surface area (Å²) in [7, 11) is -3.87. The van der Waals surface area contributed by atoms with Gasteiger partial charge in [-0.1, -0.05) is 60.1 Å². The van der Waals surface area contributed by atoms with Gasteiger partial charge in [-0.25, -0.2) is 18.1 Å². The number of para-hydroxylation sites is 1. The number of rotatable bonds is 6. The van der Waals surface area contributed by atoms with Crippen LogP contribution < -0.4 is 9.46 Å². The first kappa shape index (κ1) is 19.9. The summed E-state index contributed by atoms with van der Waals surface area (Å²) in [5, 5.41) is 0.531. The maximum absolute atomic E-state index is 12.7. The Kier molecular flexibility index (Phi) is 5.65. The topological polar surface area (TPSA) is 81.2 Å². The molecule has 0 radical (unpaired) electrons. The molecule has 3 aromatic carbocycles. The van der Waals surface area contributed by atoms with E-state index in [-0.39, 0.29) is 16.7 Å². The quantitative estimate of drug-likeness (QED) is 0.437. The second-order valence-corrected chi connectivity index (χ2v) is 8.38. The molecule has 0 amide bonds. The standard InChI is InChI=1S/C22H16ClN3O3S/c23-17-9-7-8-16(14-17)20-15-21(29-18-10-3-1-4-11-18)25-22(24-20)26-30(27,28)19-12-5-2-6-13-19/h1-15H,(H,24,25,26). The first-order chi connectivity index (χ1) is 14.5. The molecule has 0 aliphatic carbocycles. The lowest BCUT2D eigenvalue weighted by Gasteiger charge is -2.11. The van der Waals surface area contributed by atoms with E-state index in [2.05, 4.69) is 14.7 Å². The van der Waals surface area contributed by atoms with Gasteiger partial charge in [-0.2, -0.15) is 4.98 Å². The summed E-state index contributed by atoms with van der Waals surface area (Å²) in [4.78, 5) is 8.69. The van der Waals surface area contributed by atoms with Gasteiger partial charge in [0.05, 0.1) is 10.6 Å². The number of benzene rings is 3. The first-order valence-corrected chi connectivity index (χ1v) is 10.8. The van der Waals surface area contributed by atoms with Crippen molar-refractivity contribution in [3.8, 4) is 22.9 Å². The van der Waals surface area contributed by atoms with Gasteiger partial charge in [0.2, 0.25) is 11.8 Å². The van der Waals surface area contributed by atoms with Crippen molar-refractivity contribution in [2.24, 2.45) is 0 Å². The number of nitrogens with one attached hydrogen (secondary N) is 1. The fourth-order valence-corrected chi connectivity index (χ4v) is 3.86. The van der Waals surface area contributed by atoms with Gasteiger partial charge in [0.25, 0.3) is 10.0 Å². The van der Waals surface area contributed by atoms with E-state index < -0.39 is 10.0 Å². The van der Waals surface area contributed by atoms with Crippen LogP contribution in [0, 0.1) is 0 Å². The molecule has 8 heteroatoms. The highest BCUT2D eigenvalue weighted by atomic mass is 35.5. The molecule has 0 bridgehead atoms. The fraction of sp³-hybridized carbons (Fsp3) is 0. The number of aromatic nitrogens is 2. The van der Waals surface area contributed by atoms with E-state index in [9.17, 15) is 8.42 Å². The van der Waals surface area contributed by atoms with Crippen LogP contribution in [-0.4, -0.2) is 18.4 Å². The zero-order valence-corrected chi connectivity index (χ0v) is 17.1. The number of nitrogens with zero attached hydrogens (tertiary/aromatic N) is 2. The number of anilines is 1. The van der Waals surface area contributed by atoms with Crippen molar-refractivity contribution in [1.29, 1.82) is 0 Å². The van der Waals surface area contributed by atoms with Gasteiger partial charge in [-0.15, -0.1) is 0 Å². The number of ether oxygens (including phenoxy) is 1. The van der Waals surface area contributed by atoms with Crippen LogP contribution in [0.5, 0.6) is 11.6 Å². The highest BCUT2D eigenvalue weighted by molar-refractivity contribution is 7.92. The average Bonchev–Trinajstić information content (AvgIpc) is 2.75. The van der Waals surface area contributed by atoms with E-state index in [0.29, 0.717) is 22.0 Å². The number of hydrogen-bond donors (Lipinski definition) is 1. The van der Waals surface area contributed by atoms with E-state index in [4.69, 9.17) is 16.3 Å². The Balaban J connectivity index is 1.75. The summed E-state index contributed by atoms with van der Waals surface area (Å²) in [6, 6.07) is 25.8. The van der Waals surface area contributed by atoms with E-state index in [1.54, 1.807) is 54.6 Å².